The first kappa shape index (κ1) is 23.4. The van der Waals surface area contributed by atoms with Crippen molar-refractivity contribution < 1.29 is 23.9 Å². The Balaban J connectivity index is 2.16. The molecule has 2 aromatic carbocycles. The van der Waals surface area contributed by atoms with Crippen molar-refractivity contribution in [2.45, 2.75) is 71.6 Å². The first-order chi connectivity index (χ1) is 13.8. The van der Waals surface area contributed by atoms with Crippen LogP contribution in [0.4, 0.5) is 0 Å². The van der Waals surface area contributed by atoms with Crippen molar-refractivity contribution in [2.75, 3.05) is 0 Å². The Morgan fingerprint density at radius 3 is 2.10 bits per heavy atom. The number of amides is 1. The number of rotatable bonds is 6. The van der Waals surface area contributed by atoms with Gasteiger partial charge in [-0.3, -0.25) is 9.59 Å². The second kappa shape index (κ2) is 9.28. The van der Waals surface area contributed by atoms with E-state index in [1.807, 2.05) is 42.5 Å². The SMILES string of the molecule is CC(C)(C)OC(=O)C[C@H](NC(=O)Cc1cccc2ccccc12)C(=O)OC(C)(C)C. The van der Waals surface area contributed by atoms with E-state index in [9.17, 15) is 14.4 Å². The predicted octanol–water partition coefficient (Wildman–Crippen LogP) is 3.94. The van der Waals surface area contributed by atoms with Gasteiger partial charge in [-0.2, -0.15) is 0 Å². The van der Waals surface area contributed by atoms with E-state index in [-0.39, 0.29) is 18.7 Å². The van der Waals surface area contributed by atoms with E-state index in [4.69, 9.17) is 9.47 Å². The fourth-order valence-electron chi connectivity index (χ4n) is 2.98. The number of hydrogen-bond acceptors (Lipinski definition) is 5. The molecule has 0 aromatic heterocycles. The van der Waals surface area contributed by atoms with Crippen LogP contribution < -0.4 is 5.32 Å². The summed E-state index contributed by atoms with van der Waals surface area (Å²) in [7, 11) is 0. The van der Waals surface area contributed by atoms with Gasteiger partial charge in [0.05, 0.1) is 12.8 Å². The second-order valence-electron chi connectivity index (χ2n) is 9.26. The predicted molar refractivity (Wildman–Crippen MR) is 116 cm³/mol. The average Bonchev–Trinajstić information content (AvgIpc) is 2.58. The second-order valence-corrected chi connectivity index (χ2v) is 9.26. The van der Waals surface area contributed by atoms with E-state index < -0.39 is 29.2 Å². The van der Waals surface area contributed by atoms with E-state index in [0.717, 1.165) is 16.3 Å². The highest BCUT2D eigenvalue weighted by Gasteiger charge is 2.30. The lowest BCUT2D eigenvalue weighted by atomic mass is 10.0. The van der Waals surface area contributed by atoms with Gasteiger partial charge < -0.3 is 14.8 Å². The molecule has 2 rings (SSSR count). The van der Waals surface area contributed by atoms with E-state index in [2.05, 4.69) is 5.32 Å². The summed E-state index contributed by atoms with van der Waals surface area (Å²) in [4.78, 5) is 37.6. The summed E-state index contributed by atoms with van der Waals surface area (Å²) in [5.74, 6) is -1.62. The first-order valence-corrected chi connectivity index (χ1v) is 10.0. The van der Waals surface area contributed by atoms with Crippen LogP contribution in [0.2, 0.25) is 0 Å². The fourth-order valence-corrected chi connectivity index (χ4v) is 2.98. The lowest BCUT2D eigenvalue weighted by Crippen LogP contribution is -2.46. The van der Waals surface area contributed by atoms with Gasteiger partial charge in [0.25, 0.3) is 0 Å². The van der Waals surface area contributed by atoms with Crippen LogP contribution in [0, 0.1) is 0 Å². The minimum atomic E-state index is -1.12. The molecule has 0 aliphatic heterocycles. The van der Waals surface area contributed by atoms with Gasteiger partial charge in [0, 0.05) is 0 Å². The molecule has 0 fully saturated rings. The Bertz CT molecular complexity index is 916. The zero-order valence-corrected chi connectivity index (χ0v) is 18.6. The third-order valence-electron chi connectivity index (χ3n) is 4.05. The summed E-state index contributed by atoms with van der Waals surface area (Å²) >= 11 is 0. The van der Waals surface area contributed by atoms with Crippen LogP contribution in [0.1, 0.15) is 53.5 Å². The Hall–Kier alpha value is -2.89. The normalized spacial score (nSPS) is 12.9. The van der Waals surface area contributed by atoms with E-state index in [0.29, 0.717) is 0 Å². The molecule has 0 radical (unpaired) electrons. The van der Waals surface area contributed by atoms with Gasteiger partial charge in [-0.1, -0.05) is 42.5 Å². The highest BCUT2D eigenvalue weighted by atomic mass is 16.6. The molecule has 0 saturated carbocycles. The van der Waals surface area contributed by atoms with Gasteiger partial charge in [-0.15, -0.1) is 0 Å². The first-order valence-electron chi connectivity index (χ1n) is 10.0. The van der Waals surface area contributed by atoms with Crippen molar-refractivity contribution in [1.82, 2.24) is 5.32 Å². The number of hydrogen-bond donors (Lipinski definition) is 1. The molecule has 1 N–H and O–H groups in total. The Morgan fingerprint density at radius 2 is 1.47 bits per heavy atom. The quantitative estimate of drug-likeness (QED) is 0.726. The summed E-state index contributed by atoms with van der Waals surface area (Å²) in [6.45, 7) is 10.4. The number of nitrogens with one attached hydrogen (secondary N) is 1. The standard InChI is InChI=1S/C24H31NO5/c1-23(2,3)29-21(27)15-19(22(28)30-24(4,5)6)25-20(26)14-17-12-9-11-16-10-7-8-13-18(16)17/h7-13,19H,14-15H2,1-6H3,(H,25,26)/t19-/m0/s1. The molecular weight excluding hydrogens is 382 g/mol. The Kier molecular flexibility index (Phi) is 7.24. The number of carbonyl (C=O) groups is 3. The number of esters is 2. The molecule has 0 bridgehead atoms. The molecule has 0 unspecified atom stereocenters. The minimum absolute atomic E-state index is 0.0783. The molecule has 2 aromatic rings. The molecule has 0 aliphatic rings. The molecule has 6 nitrogen and oxygen atoms in total. The maximum Gasteiger partial charge on any atom is 0.329 e. The molecule has 162 valence electrons. The molecule has 0 heterocycles. The van der Waals surface area contributed by atoms with Gasteiger partial charge in [0.2, 0.25) is 5.91 Å². The lowest BCUT2D eigenvalue weighted by molar-refractivity contribution is -0.165. The number of carbonyl (C=O) groups excluding carboxylic acids is 3. The summed E-state index contributed by atoms with van der Waals surface area (Å²) in [5.41, 5.74) is -0.600. The molecular formula is C24H31NO5. The average molecular weight is 414 g/mol. The summed E-state index contributed by atoms with van der Waals surface area (Å²) in [5, 5.41) is 4.65. The summed E-state index contributed by atoms with van der Waals surface area (Å²) in [6, 6.07) is 12.4. The van der Waals surface area contributed by atoms with Gasteiger partial charge in [0.1, 0.15) is 17.2 Å². The largest absolute Gasteiger partial charge is 0.460 e. The van der Waals surface area contributed by atoms with Crippen molar-refractivity contribution in [2.24, 2.45) is 0 Å². The van der Waals surface area contributed by atoms with Crippen molar-refractivity contribution in [3.05, 3.63) is 48.0 Å². The van der Waals surface area contributed by atoms with E-state index >= 15 is 0 Å². The maximum atomic E-state index is 12.7. The van der Waals surface area contributed by atoms with Crippen LogP contribution in [0.15, 0.2) is 42.5 Å². The van der Waals surface area contributed by atoms with Gasteiger partial charge in [-0.25, -0.2) is 4.79 Å². The van der Waals surface area contributed by atoms with Crippen LogP contribution in [0.3, 0.4) is 0 Å². The van der Waals surface area contributed by atoms with Crippen LogP contribution in [0.25, 0.3) is 10.8 Å². The lowest BCUT2D eigenvalue weighted by Gasteiger charge is -2.25. The minimum Gasteiger partial charge on any atom is -0.460 e. The number of fused-ring (bicyclic) bond motifs is 1. The third-order valence-corrected chi connectivity index (χ3v) is 4.05. The van der Waals surface area contributed by atoms with Gasteiger partial charge in [0.15, 0.2) is 0 Å². The molecule has 0 spiro atoms. The van der Waals surface area contributed by atoms with Crippen LogP contribution >= 0.6 is 0 Å². The third kappa shape index (κ3) is 7.50. The maximum absolute atomic E-state index is 12.7. The van der Waals surface area contributed by atoms with Crippen molar-refractivity contribution in [3.63, 3.8) is 0 Å². The van der Waals surface area contributed by atoms with Crippen molar-refractivity contribution in [1.29, 1.82) is 0 Å². The zero-order chi connectivity index (χ0) is 22.5. The monoisotopic (exact) mass is 413 g/mol. The molecule has 0 aliphatic carbocycles. The fraction of sp³-hybridized carbons (Fsp3) is 0.458. The van der Waals surface area contributed by atoms with Crippen LogP contribution in [0.5, 0.6) is 0 Å². The Morgan fingerprint density at radius 1 is 0.867 bits per heavy atom. The van der Waals surface area contributed by atoms with Gasteiger partial charge in [-0.05, 0) is 57.9 Å². The summed E-state index contributed by atoms with van der Waals surface area (Å²) < 4.78 is 10.7. The zero-order valence-electron chi connectivity index (χ0n) is 18.6. The van der Waals surface area contributed by atoms with Crippen molar-refractivity contribution in [3.8, 4) is 0 Å². The smallest absolute Gasteiger partial charge is 0.329 e. The summed E-state index contributed by atoms with van der Waals surface area (Å²) in [6.07, 6.45) is -0.220. The number of ether oxygens (including phenoxy) is 2. The molecule has 0 saturated heterocycles. The highest BCUT2D eigenvalue weighted by molar-refractivity contribution is 5.92. The van der Waals surface area contributed by atoms with E-state index in [1.54, 1.807) is 41.5 Å². The number of benzene rings is 2. The van der Waals surface area contributed by atoms with E-state index in [1.165, 1.54) is 0 Å². The Labute approximate surface area is 177 Å². The molecule has 6 heteroatoms. The molecule has 30 heavy (non-hydrogen) atoms. The van der Waals surface area contributed by atoms with Crippen LogP contribution in [-0.2, 0) is 30.3 Å². The van der Waals surface area contributed by atoms with Crippen molar-refractivity contribution >= 4 is 28.6 Å². The highest BCUT2D eigenvalue weighted by Crippen LogP contribution is 2.19. The van der Waals surface area contributed by atoms with Gasteiger partial charge >= 0.3 is 11.9 Å². The van der Waals surface area contributed by atoms with Crippen LogP contribution in [-0.4, -0.2) is 35.1 Å². The molecule has 1 amide bonds. The topological polar surface area (TPSA) is 81.7 Å². The molecule has 1 atom stereocenters.